The molecule has 0 atom stereocenters. The van der Waals surface area contributed by atoms with Crippen LogP contribution in [0.25, 0.3) is 83.2 Å². The number of hydrogen-bond donors (Lipinski definition) is 0. The second-order valence-electron chi connectivity index (χ2n) is 11.7. The molecule has 0 aliphatic heterocycles. The fourth-order valence-electron chi connectivity index (χ4n) is 6.51. The minimum atomic E-state index is 0.503. The van der Waals surface area contributed by atoms with Crippen LogP contribution in [0, 0.1) is 0 Å². The number of fused-ring (bicyclic) bond motifs is 5. The molecule has 4 nitrogen and oxygen atoms in total. The molecule has 0 saturated heterocycles. The lowest BCUT2D eigenvalue weighted by atomic mass is 9.95. The highest BCUT2D eigenvalue weighted by Crippen LogP contribution is 2.41. The van der Waals surface area contributed by atoms with E-state index in [9.17, 15) is 0 Å². The average Bonchev–Trinajstić information content (AvgIpc) is 3.50. The standard InChI is InChI=1S/C41H26ClN3O/c42-34-20-21-36-37(33-12-6-7-13-35(33)46-36)38(34)41-44-39(31-18-14-26-10-4-5-11-27(26)23-31)43-40(45-41)32-19-17-29-22-28(15-16-30(29)24-32)25-8-2-1-3-9-25/h1-2,4-8,10-24H,3,9H2. The molecule has 9 rings (SSSR count). The van der Waals surface area contributed by atoms with Crippen molar-refractivity contribution in [3.05, 3.63) is 144 Å². The summed E-state index contributed by atoms with van der Waals surface area (Å²) in [5.41, 5.74) is 6.71. The van der Waals surface area contributed by atoms with Crippen LogP contribution in [-0.2, 0) is 0 Å². The van der Waals surface area contributed by atoms with Crippen LogP contribution in [0.2, 0.25) is 5.02 Å². The summed E-state index contributed by atoms with van der Waals surface area (Å²) in [7, 11) is 0. The Bertz CT molecular complexity index is 2560. The van der Waals surface area contributed by atoms with Crippen LogP contribution in [0.15, 0.2) is 138 Å². The largest absolute Gasteiger partial charge is 0.456 e. The Morgan fingerprint density at radius 3 is 1.96 bits per heavy atom. The van der Waals surface area contributed by atoms with E-state index in [-0.39, 0.29) is 0 Å². The van der Waals surface area contributed by atoms with Crippen molar-refractivity contribution in [1.29, 1.82) is 0 Å². The van der Waals surface area contributed by atoms with E-state index in [0.717, 1.165) is 67.6 Å². The summed E-state index contributed by atoms with van der Waals surface area (Å²) in [5.74, 6) is 1.67. The number of aromatic nitrogens is 3. The number of rotatable bonds is 4. The Morgan fingerprint density at radius 1 is 0.565 bits per heavy atom. The molecular formula is C41H26ClN3O. The normalized spacial score (nSPS) is 13.2. The number of halogens is 1. The lowest BCUT2D eigenvalue weighted by molar-refractivity contribution is 0.669. The maximum absolute atomic E-state index is 6.98. The summed E-state index contributed by atoms with van der Waals surface area (Å²) in [6.45, 7) is 0. The Balaban J connectivity index is 1.26. The van der Waals surface area contributed by atoms with E-state index in [2.05, 4.69) is 85.0 Å². The highest BCUT2D eigenvalue weighted by Gasteiger charge is 2.21. The molecule has 46 heavy (non-hydrogen) atoms. The Kier molecular flexibility index (Phi) is 6.29. The molecule has 1 aliphatic rings. The quantitative estimate of drug-likeness (QED) is 0.199. The van der Waals surface area contributed by atoms with Crippen molar-refractivity contribution in [2.45, 2.75) is 12.8 Å². The predicted octanol–water partition coefficient (Wildman–Crippen LogP) is 11.5. The summed E-state index contributed by atoms with van der Waals surface area (Å²) in [4.78, 5) is 15.2. The molecule has 0 bridgehead atoms. The van der Waals surface area contributed by atoms with Gasteiger partial charge in [-0.1, -0.05) is 109 Å². The molecule has 0 fully saturated rings. The number of para-hydroxylation sites is 1. The molecule has 8 aromatic rings. The Labute approximate surface area is 270 Å². The van der Waals surface area contributed by atoms with Crippen LogP contribution in [0.4, 0.5) is 0 Å². The topological polar surface area (TPSA) is 51.8 Å². The molecule has 0 saturated carbocycles. The first-order valence-electron chi connectivity index (χ1n) is 15.4. The maximum atomic E-state index is 6.98. The third kappa shape index (κ3) is 4.58. The van der Waals surface area contributed by atoms with Gasteiger partial charge in [0.15, 0.2) is 17.5 Å². The number of hydrogen-bond acceptors (Lipinski definition) is 4. The number of furan rings is 1. The zero-order valence-electron chi connectivity index (χ0n) is 24.7. The summed E-state index contributed by atoms with van der Waals surface area (Å²) >= 11 is 6.98. The molecule has 2 aromatic heterocycles. The van der Waals surface area contributed by atoms with Crippen LogP contribution in [0.3, 0.4) is 0 Å². The first-order valence-corrected chi connectivity index (χ1v) is 15.8. The van der Waals surface area contributed by atoms with Gasteiger partial charge in [0.2, 0.25) is 0 Å². The van der Waals surface area contributed by atoms with E-state index < -0.39 is 0 Å². The first-order chi connectivity index (χ1) is 22.7. The summed E-state index contributed by atoms with van der Waals surface area (Å²) in [5, 5.41) is 7.00. The molecule has 0 unspecified atom stereocenters. The van der Waals surface area contributed by atoms with Crippen molar-refractivity contribution in [3.8, 4) is 34.2 Å². The molecule has 0 spiro atoms. The first kappa shape index (κ1) is 26.8. The lowest BCUT2D eigenvalue weighted by Crippen LogP contribution is -2.01. The van der Waals surface area contributed by atoms with Crippen LogP contribution >= 0.6 is 11.6 Å². The third-order valence-corrected chi connectivity index (χ3v) is 9.16. The summed E-state index contributed by atoms with van der Waals surface area (Å²) in [6.07, 6.45) is 8.73. The average molecular weight is 612 g/mol. The van der Waals surface area contributed by atoms with E-state index in [1.165, 1.54) is 16.5 Å². The summed E-state index contributed by atoms with van der Waals surface area (Å²) in [6, 6.07) is 39.4. The molecule has 0 N–H and O–H groups in total. The van der Waals surface area contributed by atoms with E-state index in [1.807, 2.05) is 48.5 Å². The second-order valence-corrected chi connectivity index (χ2v) is 12.1. The zero-order valence-corrected chi connectivity index (χ0v) is 25.5. The molecule has 2 heterocycles. The SMILES string of the molecule is Clc1ccc2oc3ccccc3c2c1-c1nc(-c2ccc3ccccc3c2)nc(-c2ccc3cc(C4=CC=CCC4)ccc3c2)n1. The van der Waals surface area contributed by atoms with Gasteiger partial charge in [0.05, 0.1) is 5.02 Å². The fourth-order valence-corrected chi connectivity index (χ4v) is 6.75. The van der Waals surface area contributed by atoms with Crippen molar-refractivity contribution in [1.82, 2.24) is 15.0 Å². The van der Waals surface area contributed by atoms with Gasteiger partial charge in [-0.25, -0.2) is 15.0 Å². The smallest absolute Gasteiger partial charge is 0.166 e. The van der Waals surface area contributed by atoms with Gasteiger partial charge in [0.1, 0.15) is 11.2 Å². The van der Waals surface area contributed by atoms with Gasteiger partial charge in [0.25, 0.3) is 0 Å². The second kappa shape index (κ2) is 10.8. The van der Waals surface area contributed by atoms with Gasteiger partial charge < -0.3 is 4.42 Å². The van der Waals surface area contributed by atoms with Gasteiger partial charge in [0, 0.05) is 27.5 Å². The summed E-state index contributed by atoms with van der Waals surface area (Å²) < 4.78 is 6.21. The van der Waals surface area contributed by atoms with E-state index in [4.69, 9.17) is 31.0 Å². The van der Waals surface area contributed by atoms with Gasteiger partial charge >= 0.3 is 0 Å². The van der Waals surface area contributed by atoms with Gasteiger partial charge in [-0.05, 0) is 81.9 Å². The minimum Gasteiger partial charge on any atom is -0.456 e. The number of benzene rings is 6. The van der Waals surface area contributed by atoms with Crippen molar-refractivity contribution >= 4 is 60.7 Å². The molecule has 5 heteroatoms. The number of allylic oxidation sites excluding steroid dienone is 4. The van der Waals surface area contributed by atoms with Crippen LogP contribution < -0.4 is 0 Å². The fraction of sp³-hybridized carbons (Fsp3) is 0.0488. The van der Waals surface area contributed by atoms with E-state index in [0.29, 0.717) is 22.5 Å². The zero-order chi connectivity index (χ0) is 30.6. The molecule has 0 radical (unpaired) electrons. The van der Waals surface area contributed by atoms with Crippen molar-refractivity contribution in [3.63, 3.8) is 0 Å². The van der Waals surface area contributed by atoms with E-state index in [1.54, 1.807) is 0 Å². The van der Waals surface area contributed by atoms with Gasteiger partial charge in [-0.3, -0.25) is 0 Å². The lowest BCUT2D eigenvalue weighted by Gasteiger charge is -2.12. The Hall–Kier alpha value is -5.58. The molecule has 0 amide bonds. The van der Waals surface area contributed by atoms with Crippen molar-refractivity contribution in [2.24, 2.45) is 0 Å². The highest BCUT2D eigenvalue weighted by molar-refractivity contribution is 6.35. The predicted molar refractivity (Wildman–Crippen MR) is 190 cm³/mol. The molecule has 1 aliphatic carbocycles. The monoisotopic (exact) mass is 611 g/mol. The highest BCUT2D eigenvalue weighted by atomic mass is 35.5. The van der Waals surface area contributed by atoms with Gasteiger partial charge in [-0.2, -0.15) is 0 Å². The van der Waals surface area contributed by atoms with E-state index >= 15 is 0 Å². The molecular weight excluding hydrogens is 586 g/mol. The van der Waals surface area contributed by atoms with Crippen LogP contribution in [-0.4, -0.2) is 15.0 Å². The van der Waals surface area contributed by atoms with Crippen molar-refractivity contribution < 1.29 is 4.42 Å². The minimum absolute atomic E-state index is 0.503. The molecule has 218 valence electrons. The van der Waals surface area contributed by atoms with Crippen molar-refractivity contribution in [2.75, 3.05) is 0 Å². The van der Waals surface area contributed by atoms with Crippen LogP contribution in [0.1, 0.15) is 18.4 Å². The molecule has 6 aromatic carbocycles. The third-order valence-electron chi connectivity index (χ3n) is 8.84. The van der Waals surface area contributed by atoms with Gasteiger partial charge in [-0.15, -0.1) is 0 Å². The number of nitrogens with zero attached hydrogens (tertiary/aromatic N) is 3. The maximum Gasteiger partial charge on any atom is 0.166 e. The Morgan fingerprint density at radius 2 is 1.20 bits per heavy atom. The van der Waals surface area contributed by atoms with Crippen LogP contribution in [0.5, 0.6) is 0 Å².